The van der Waals surface area contributed by atoms with Gasteiger partial charge in [-0.05, 0) is 31.0 Å². The van der Waals surface area contributed by atoms with Gasteiger partial charge in [0.05, 0.1) is 11.7 Å². The van der Waals surface area contributed by atoms with Crippen molar-refractivity contribution in [2.45, 2.75) is 18.9 Å². The molecule has 2 amide bonds. The van der Waals surface area contributed by atoms with Gasteiger partial charge in [0, 0.05) is 19.7 Å². The van der Waals surface area contributed by atoms with Gasteiger partial charge in [-0.15, -0.1) is 0 Å². The molecule has 0 radical (unpaired) electrons. The Morgan fingerprint density at radius 3 is 2.39 bits per heavy atom. The molecule has 5 heteroatoms. The fraction of sp³-hybridized carbons (Fsp3) is 0.385. The fourth-order valence-electron chi connectivity index (χ4n) is 1.59. The number of rotatable bonds is 4. The first kappa shape index (κ1) is 12.4. The lowest BCUT2D eigenvalue weighted by molar-refractivity contribution is 0.0947. The Hall–Kier alpha value is -2.04. The van der Waals surface area contributed by atoms with Gasteiger partial charge in [-0.2, -0.15) is 0 Å². The van der Waals surface area contributed by atoms with Crippen molar-refractivity contribution >= 4 is 11.8 Å². The van der Waals surface area contributed by atoms with Crippen LogP contribution in [0, 0.1) is 0 Å². The summed E-state index contributed by atoms with van der Waals surface area (Å²) in [4.78, 5) is 23.2. The fourth-order valence-corrected chi connectivity index (χ4v) is 1.59. The maximum Gasteiger partial charge on any atom is 0.254 e. The third-order valence-corrected chi connectivity index (χ3v) is 2.76. The van der Waals surface area contributed by atoms with Gasteiger partial charge >= 0.3 is 0 Å². The monoisotopic (exact) mass is 248 g/mol. The molecule has 1 fully saturated rings. The van der Waals surface area contributed by atoms with Crippen molar-refractivity contribution in [3.8, 4) is 5.75 Å². The summed E-state index contributed by atoms with van der Waals surface area (Å²) < 4.78 is 5.67. The molecular weight excluding hydrogens is 232 g/mol. The number of benzene rings is 1. The van der Waals surface area contributed by atoms with Gasteiger partial charge in [0.1, 0.15) is 5.75 Å². The Kier molecular flexibility index (Phi) is 3.50. The summed E-state index contributed by atoms with van der Waals surface area (Å²) in [5.41, 5.74) is 0.942. The highest BCUT2D eigenvalue weighted by Crippen LogP contribution is 2.30. The van der Waals surface area contributed by atoms with Crippen molar-refractivity contribution in [1.82, 2.24) is 10.6 Å². The number of nitrogens with one attached hydrogen (secondary N) is 2. The number of carbonyl (C=O) groups excluding carboxylic acids is 2. The number of amides is 2. The minimum absolute atomic E-state index is 0.174. The maximum absolute atomic E-state index is 11.7. The molecule has 1 aliphatic carbocycles. The highest BCUT2D eigenvalue weighted by Gasteiger charge is 2.26. The lowest BCUT2D eigenvalue weighted by atomic mass is 10.1. The molecule has 0 unspecified atom stereocenters. The van der Waals surface area contributed by atoms with E-state index in [9.17, 15) is 9.59 Å². The zero-order chi connectivity index (χ0) is 13.1. The van der Waals surface area contributed by atoms with Crippen LogP contribution < -0.4 is 15.4 Å². The molecule has 0 spiro atoms. The van der Waals surface area contributed by atoms with Crippen LogP contribution in [0.5, 0.6) is 5.75 Å². The summed E-state index contributed by atoms with van der Waals surface area (Å²) in [5.74, 6) is 0.0613. The first-order valence-electron chi connectivity index (χ1n) is 5.90. The average Bonchev–Trinajstić information content (AvgIpc) is 3.20. The second kappa shape index (κ2) is 5.08. The average molecular weight is 248 g/mol. The van der Waals surface area contributed by atoms with E-state index in [0.717, 1.165) is 12.8 Å². The molecule has 0 saturated heterocycles. The van der Waals surface area contributed by atoms with Gasteiger partial charge in [0.2, 0.25) is 0 Å². The third-order valence-electron chi connectivity index (χ3n) is 2.76. The second-order valence-corrected chi connectivity index (χ2v) is 4.19. The lowest BCUT2D eigenvalue weighted by Crippen LogP contribution is -2.21. The molecule has 5 nitrogen and oxygen atoms in total. The van der Waals surface area contributed by atoms with Crippen LogP contribution >= 0.6 is 0 Å². The van der Waals surface area contributed by atoms with Crippen LogP contribution in [0.25, 0.3) is 0 Å². The smallest absolute Gasteiger partial charge is 0.254 e. The molecule has 0 heterocycles. The van der Waals surface area contributed by atoms with Crippen LogP contribution in [0.3, 0.4) is 0 Å². The minimum atomic E-state index is -0.214. The SMILES string of the molecule is CNC(=O)c1ccc(C(=O)NC)c(OC2CC2)c1. The third kappa shape index (κ3) is 2.61. The van der Waals surface area contributed by atoms with Crippen LogP contribution in [0.1, 0.15) is 33.6 Å². The van der Waals surface area contributed by atoms with Crippen molar-refractivity contribution in [3.63, 3.8) is 0 Å². The topological polar surface area (TPSA) is 67.4 Å². The Morgan fingerprint density at radius 2 is 1.83 bits per heavy atom. The summed E-state index contributed by atoms with van der Waals surface area (Å²) >= 11 is 0. The van der Waals surface area contributed by atoms with Gasteiger partial charge in [-0.25, -0.2) is 0 Å². The molecule has 0 aliphatic heterocycles. The molecule has 2 rings (SSSR count). The van der Waals surface area contributed by atoms with E-state index in [1.54, 1.807) is 32.3 Å². The van der Waals surface area contributed by atoms with Crippen LogP contribution in [0.15, 0.2) is 18.2 Å². The lowest BCUT2D eigenvalue weighted by Gasteiger charge is -2.11. The van der Waals surface area contributed by atoms with Crippen LogP contribution in [0.4, 0.5) is 0 Å². The van der Waals surface area contributed by atoms with Crippen molar-refractivity contribution in [2.75, 3.05) is 14.1 Å². The predicted octanol–water partition coefficient (Wildman–Crippen LogP) is 0.947. The van der Waals surface area contributed by atoms with Gasteiger partial charge in [-0.1, -0.05) is 0 Å². The number of hydrogen-bond donors (Lipinski definition) is 2. The molecule has 2 N–H and O–H groups in total. The Balaban J connectivity index is 2.33. The molecule has 0 bridgehead atoms. The quantitative estimate of drug-likeness (QED) is 0.833. The first-order chi connectivity index (χ1) is 8.65. The van der Waals surface area contributed by atoms with Crippen molar-refractivity contribution in [2.24, 2.45) is 0 Å². The normalized spacial score (nSPS) is 13.9. The molecular formula is C13H16N2O3. The van der Waals surface area contributed by atoms with Crippen LogP contribution in [-0.2, 0) is 0 Å². The Morgan fingerprint density at radius 1 is 1.17 bits per heavy atom. The van der Waals surface area contributed by atoms with E-state index in [2.05, 4.69) is 10.6 Å². The van der Waals surface area contributed by atoms with E-state index in [1.165, 1.54) is 0 Å². The minimum Gasteiger partial charge on any atom is -0.490 e. The molecule has 1 aliphatic rings. The molecule has 1 saturated carbocycles. The predicted molar refractivity (Wildman–Crippen MR) is 66.9 cm³/mol. The first-order valence-corrected chi connectivity index (χ1v) is 5.90. The van der Waals surface area contributed by atoms with Gasteiger partial charge in [-0.3, -0.25) is 9.59 Å². The number of carbonyl (C=O) groups is 2. The molecule has 0 atom stereocenters. The summed E-state index contributed by atoms with van der Waals surface area (Å²) in [6.45, 7) is 0. The van der Waals surface area contributed by atoms with Gasteiger partial charge in [0.25, 0.3) is 11.8 Å². The summed E-state index contributed by atoms with van der Waals surface area (Å²) in [5, 5.41) is 5.10. The molecule has 1 aromatic rings. The number of ether oxygens (including phenoxy) is 1. The summed E-state index contributed by atoms with van der Waals surface area (Å²) in [6, 6.07) is 4.84. The van der Waals surface area contributed by atoms with Crippen molar-refractivity contribution < 1.29 is 14.3 Å². The maximum atomic E-state index is 11.7. The van der Waals surface area contributed by atoms with E-state index >= 15 is 0 Å². The molecule has 0 aromatic heterocycles. The number of hydrogen-bond acceptors (Lipinski definition) is 3. The largest absolute Gasteiger partial charge is 0.490 e. The van der Waals surface area contributed by atoms with Crippen LogP contribution in [0.2, 0.25) is 0 Å². The summed E-state index contributed by atoms with van der Waals surface area (Å²) in [6.07, 6.45) is 2.17. The zero-order valence-electron chi connectivity index (χ0n) is 10.4. The second-order valence-electron chi connectivity index (χ2n) is 4.19. The Bertz CT molecular complexity index is 481. The van der Waals surface area contributed by atoms with E-state index in [0.29, 0.717) is 16.9 Å². The van der Waals surface area contributed by atoms with Crippen LogP contribution in [-0.4, -0.2) is 32.0 Å². The molecule has 1 aromatic carbocycles. The van der Waals surface area contributed by atoms with Gasteiger partial charge in [0.15, 0.2) is 0 Å². The highest BCUT2D eigenvalue weighted by molar-refractivity contribution is 6.00. The van der Waals surface area contributed by atoms with Gasteiger partial charge < -0.3 is 15.4 Å². The summed E-state index contributed by atoms with van der Waals surface area (Å²) in [7, 11) is 3.13. The van der Waals surface area contributed by atoms with Crippen molar-refractivity contribution in [1.29, 1.82) is 0 Å². The zero-order valence-corrected chi connectivity index (χ0v) is 10.4. The van der Waals surface area contributed by atoms with E-state index < -0.39 is 0 Å². The molecule has 18 heavy (non-hydrogen) atoms. The van der Waals surface area contributed by atoms with E-state index in [1.807, 2.05) is 0 Å². The van der Waals surface area contributed by atoms with E-state index in [-0.39, 0.29) is 17.9 Å². The van der Waals surface area contributed by atoms with Crippen molar-refractivity contribution in [3.05, 3.63) is 29.3 Å². The highest BCUT2D eigenvalue weighted by atomic mass is 16.5. The Labute approximate surface area is 106 Å². The van der Waals surface area contributed by atoms with E-state index in [4.69, 9.17) is 4.74 Å². The molecule has 96 valence electrons. The standard InChI is InChI=1S/C13H16N2O3/c1-14-12(16)8-3-6-10(13(17)15-2)11(7-8)18-9-4-5-9/h3,6-7,9H,4-5H2,1-2H3,(H,14,16)(H,15,17).